The van der Waals surface area contributed by atoms with Crippen LogP contribution in [-0.4, -0.2) is 68.4 Å². The number of nitrogens with one attached hydrogen (secondary N) is 4. The third-order valence-corrected chi connectivity index (χ3v) is 15.5. The SMILES string of the molecule is CCOP(=O)(Cc1c(C)cc(C)c(NC(=O)NCCCN(CC)CCCNC(=O)Nc2c(C)cc(C)c(C(=O)P(=O)(OCC)c3ccccc3)c2C)c1C)c1ccccc1. The molecule has 0 aliphatic carbocycles. The van der Waals surface area contributed by atoms with Crippen molar-refractivity contribution in [3.05, 3.63) is 117 Å². The first-order valence-electron chi connectivity index (χ1n) is 20.8. The van der Waals surface area contributed by atoms with Gasteiger partial charge in [-0.1, -0.05) is 55.5 Å². The summed E-state index contributed by atoms with van der Waals surface area (Å²) in [6.45, 7) is 20.6. The second-order valence-corrected chi connectivity index (χ2v) is 19.7. The summed E-state index contributed by atoms with van der Waals surface area (Å²) in [6, 6.07) is 20.9. The smallest absolute Gasteiger partial charge is 0.319 e. The molecule has 0 aliphatic rings. The van der Waals surface area contributed by atoms with E-state index in [2.05, 4.69) is 33.1 Å². The molecule has 0 bridgehead atoms. The fraction of sp³-hybridized carbons (Fsp3) is 0.413. The molecule has 2 atom stereocenters. The van der Waals surface area contributed by atoms with Crippen LogP contribution in [0.4, 0.5) is 21.0 Å². The van der Waals surface area contributed by atoms with Crippen molar-refractivity contribution >= 4 is 54.3 Å². The molecule has 324 valence electrons. The minimum Gasteiger partial charge on any atom is -0.338 e. The average molecular weight is 860 g/mol. The number of aryl methyl sites for hydroxylation is 4. The highest BCUT2D eigenvalue weighted by atomic mass is 31.2. The average Bonchev–Trinajstić information content (AvgIpc) is 3.22. The molecular weight excluding hydrogens is 796 g/mol. The van der Waals surface area contributed by atoms with Crippen LogP contribution in [0.3, 0.4) is 0 Å². The number of nitrogens with zero attached hydrogens (tertiary/aromatic N) is 1. The Morgan fingerprint density at radius 2 is 1.10 bits per heavy atom. The van der Waals surface area contributed by atoms with Crippen LogP contribution >= 0.6 is 14.7 Å². The van der Waals surface area contributed by atoms with E-state index in [0.717, 1.165) is 53.9 Å². The zero-order chi connectivity index (χ0) is 44.0. The predicted octanol–water partition coefficient (Wildman–Crippen LogP) is 9.50. The normalized spacial score (nSPS) is 13.3. The van der Waals surface area contributed by atoms with Gasteiger partial charge in [0.2, 0.25) is 7.37 Å². The van der Waals surface area contributed by atoms with Gasteiger partial charge < -0.3 is 35.2 Å². The van der Waals surface area contributed by atoms with Crippen LogP contribution in [0.25, 0.3) is 0 Å². The van der Waals surface area contributed by atoms with E-state index in [9.17, 15) is 23.5 Å². The van der Waals surface area contributed by atoms with Crippen molar-refractivity contribution in [2.75, 3.05) is 56.6 Å². The summed E-state index contributed by atoms with van der Waals surface area (Å²) in [5.74, 6) is 0. The van der Waals surface area contributed by atoms with E-state index in [1.165, 1.54) is 0 Å². The first kappa shape index (κ1) is 48.1. The molecule has 14 heteroatoms. The maximum Gasteiger partial charge on any atom is 0.319 e. The van der Waals surface area contributed by atoms with Crippen molar-refractivity contribution in [3.63, 3.8) is 0 Å². The summed E-state index contributed by atoms with van der Waals surface area (Å²) >= 11 is 0. The second kappa shape index (κ2) is 22.3. The minimum atomic E-state index is -3.90. The van der Waals surface area contributed by atoms with E-state index < -0.39 is 26.3 Å². The maximum atomic E-state index is 14.1. The molecule has 0 heterocycles. The van der Waals surface area contributed by atoms with E-state index >= 15 is 0 Å². The first-order valence-corrected chi connectivity index (χ1v) is 24.2. The van der Waals surface area contributed by atoms with Crippen molar-refractivity contribution < 1.29 is 32.6 Å². The quantitative estimate of drug-likeness (QED) is 0.0477. The number of urea groups is 2. The Morgan fingerprint density at radius 1 is 0.617 bits per heavy atom. The first-order chi connectivity index (χ1) is 28.6. The van der Waals surface area contributed by atoms with Crippen molar-refractivity contribution in [2.24, 2.45) is 0 Å². The van der Waals surface area contributed by atoms with Gasteiger partial charge in [-0.25, -0.2) is 9.59 Å². The lowest BCUT2D eigenvalue weighted by molar-refractivity contribution is 0.105. The monoisotopic (exact) mass is 859 g/mol. The van der Waals surface area contributed by atoms with E-state index in [-0.39, 0.29) is 24.4 Å². The van der Waals surface area contributed by atoms with Gasteiger partial charge in [0, 0.05) is 40.6 Å². The highest BCUT2D eigenvalue weighted by Gasteiger charge is 2.38. The molecular formula is C46H63N5O7P2. The van der Waals surface area contributed by atoms with Gasteiger partial charge in [0.25, 0.3) is 5.52 Å². The van der Waals surface area contributed by atoms with Gasteiger partial charge in [-0.2, -0.15) is 0 Å². The second-order valence-electron chi connectivity index (χ2n) is 15.0. The Hall–Kier alpha value is -4.57. The molecule has 0 saturated carbocycles. The van der Waals surface area contributed by atoms with Gasteiger partial charge >= 0.3 is 19.4 Å². The molecule has 0 fully saturated rings. The number of amides is 4. The van der Waals surface area contributed by atoms with Crippen molar-refractivity contribution in [1.29, 1.82) is 0 Å². The van der Waals surface area contributed by atoms with Gasteiger partial charge in [-0.05, 0) is 151 Å². The third kappa shape index (κ3) is 12.0. The van der Waals surface area contributed by atoms with Crippen LogP contribution in [0.5, 0.6) is 0 Å². The highest BCUT2D eigenvalue weighted by Crippen LogP contribution is 2.52. The van der Waals surface area contributed by atoms with Crippen molar-refractivity contribution in [2.45, 2.75) is 81.3 Å². The molecule has 12 nitrogen and oxygen atoms in total. The van der Waals surface area contributed by atoms with E-state index in [1.54, 1.807) is 51.1 Å². The fourth-order valence-corrected chi connectivity index (χ4v) is 12.0. The molecule has 60 heavy (non-hydrogen) atoms. The molecule has 0 spiro atoms. The molecule has 0 aliphatic heterocycles. The third-order valence-electron chi connectivity index (χ3n) is 10.6. The standard InChI is InChI=1S/C46H63N5O7P2/c1-10-51(27-19-25-47-45(53)49-42-34(6)29-32(4)40(36(42)8)31-59(55,57-11-2)38-21-15-13-16-22-38)28-20-26-48-46(54)50-43-35(7)30-33(5)41(37(43)9)44(52)60(56,58-12-3)39-23-17-14-18-24-39/h13-18,21-24,29-30H,10-12,19-20,25-28,31H2,1-9H3,(H2,47,49,53)(H2,48,50,54). The largest absolute Gasteiger partial charge is 0.338 e. The number of benzene rings is 4. The number of anilines is 2. The van der Waals surface area contributed by atoms with Crippen LogP contribution in [0.1, 0.15) is 82.9 Å². The maximum absolute atomic E-state index is 14.1. The van der Waals surface area contributed by atoms with E-state index in [0.29, 0.717) is 59.2 Å². The number of rotatable bonds is 21. The zero-order valence-electron chi connectivity index (χ0n) is 36.7. The molecule has 0 aromatic heterocycles. The summed E-state index contributed by atoms with van der Waals surface area (Å²) in [4.78, 5) is 42.4. The Morgan fingerprint density at radius 3 is 1.60 bits per heavy atom. The van der Waals surface area contributed by atoms with Crippen LogP contribution in [0, 0.1) is 41.5 Å². The lowest BCUT2D eigenvalue weighted by atomic mass is 9.98. The molecule has 4 rings (SSSR count). The summed E-state index contributed by atoms with van der Waals surface area (Å²) < 4.78 is 39.8. The number of hydrogen-bond donors (Lipinski definition) is 4. The minimum absolute atomic E-state index is 0.104. The van der Waals surface area contributed by atoms with Crippen LogP contribution in [0.15, 0.2) is 72.8 Å². The van der Waals surface area contributed by atoms with Crippen molar-refractivity contribution in [3.8, 4) is 0 Å². The van der Waals surface area contributed by atoms with E-state index in [1.807, 2.05) is 77.1 Å². The molecule has 4 aromatic carbocycles. The Bertz CT molecular complexity index is 2220. The van der Waals surface area contributed by atoms with Gasteiger partial charge in [0.1, 0.15) is 0 Å². The van der Waals surface area contributed by atoms with Crippen LogP contribution in [-0.2, 0) is 24.3 Å². The van der Waals surface area contributed by atoms with Gasteiger partial charge in [-0.15, -0.1) is 0 Å². The Labute approximate surface area is 356 Å². The molecule has 0 saturated heterocycles. The summed E-state index contributed by atoms with van der Waals surface area (Å²) in [5, 5.41) is 12.9. The summed E-state index contributed by atoms with van der Waals surface area (Å²) in [6.07, 6.45) is 1.67. The molecule has 4 aromatic rings. The molecule has 4 N–H and O–H groups in total. The Balaban J connectivity index is 1.27. The van der Waals surface area contributed by atoms with Crippen LogP contribution in [0.2, 0.25) is 0 Å². The van der Waals surface area contributed by atoms with Gasteiger partial charge in [0.05, 0.1) is 19.4 Å². The highest BCUT2D eigenvalue weighted by molar-refractivity contribution is 7.83. The number of hydrogen-bond acceptors (Lipinski definition) is 8. The summed E-state index contributed by atoms with van der Waals surface area (Å²) in [7, 11) is -7.09. The lowest BCUT2D eigenvalue weighted by Gasteiger charge is -2.23. The zero-order valence-corrected chi connectivity index (χ0v) is 38.5. The topological polar surface area (TPSA) is 155 Å². The van der Waals surface area contributed by atoms with Gasteiger partial charge in [-0.3, -0.25) is 13.9 Å². The molecule has 4 amide bonds. The van der Waals surface area contributed by atoms with E-state index in [4.69, 9.17) is 9.05 Å². The van der Waals surface area contributed by atoms with Crippen molar-refractivity contribution in [1.82, 2.24) is 15.5 Å². The molecule has 2 unspecified atom stereocenters. The number of carbonyl (C=O) groups is 3. The molecule has 0 radical (unpaired) electrons. The van der Waals surface area contributed by atoms with Crippen LogP contribution < -0.4 is 31.9 Å². The predicted molar refractivity (Wildman–Crippen MR) is 245 cm³/mol. The lowest BCUT2D eigenvalue weighted by Crippen LogP contribution is -2.35. The number of carbonyl (C=O) groups excluding carboxylic acids is 3. The van der Waals surface area contributed by atoms with Gasteiger partial charge in [0.15, 0.2) is 0 Å². The fourth-order valence-electron chi connectivity index (χ4n) is 7.61. The Kier molecular flexibility index (Phi) is 17.9. The summed E-state index contributed by atoms with van der Waals surface area (Å²) in [5.41, 5.74) is 6.54.